The molecular weight excluding hydrogens is 432 g/mol. The molecule has 0 amide bonds. The van der Waals surface area contributed by atoms with Crippen molar-refractivity contribution in [1.82, 2.24) is 20.2 Å². The molecule has 0 aliphatic heterocycles. The molecule has 0 unspecified atom stereocenters. The van der Waals surface area contributed by atoms with E-state index in [9.17, 15) is 5.11 Å². The van der Waals surface area contributed by atoms with Gasteiger partial charge in [0.25, 0.3) is 0 Å². The van der Waals surface area contributed by atoms with E-state index in [0.29, 0.717) is 30.7 Å². The van der Waals surface area contributed by atoms with E-state index in [0.717, 1.165) is 61.1 Å². The van der Waals surface area contributed by atoms with Crippen LogP contribution in [-0.2, 0) is 11.8 Å². The van der Waals surface area contributed by atoms with Crippen LogP contribution in [0.15, 0.2) is 35.2 Å². The predicted octanol–water partition coefficient (Wildman–Crippen LogP) is 2.75. The molecule has 3 rings (SSSR count). The van der Waals surface area contributed by atoms with Gasteiger partial charge in [0, 0.05) is 57.7 Å². The van der Waals surface area contributed by atoms with Gasteiger partial charge in [0.05, 0.1) is 29.7 Å². The highest BCUT2D eigenvalue weighted by Crippen LogP contribution is 2.32. The van der Waals surface area contributed by atoms with E-state index in [4.69, 9.17) is 15.2 Å². The third-order valence-corrected chi connectivity index (χ3v) is 6.01. The van der Waals surface area contributed by atoms with Crippen molar-refractivity contribution in [3.63, 3.8) is 0 Å². The highest BCUT2D eigenvalue weighted by molar-refractivity contribution is 5.98. The minimum absolute atomic E-state index is 0.155. The van der Waals surface area contributed by atoms with Crippen LogP contribution in [0.2, 0.25) is 0 Å². The average molecular weight is 473 g/mol. The summed E-state index contributed by atoms with van der Waals surface area (Å²) in [5, 5.41) is 16.2. The van der Waals surface area contributed by atoms with Gasteiger partial charge in [-0.15, -0.1) is 0 Å². The maximum Gasteiger partial charge on any atom is 0.125 e. The third-order valence-electron chi connectivity index (χ3n) is 6.01. The first-order valence-corrected chi connectivity index (χ1v) is 12.1. The van der Waals surface area contributed by atoms with Crippen molar-refractivity contribution in [2.75, 3.05) is 26.8 Å². The molecule has 0 bridgehead atoms. The fourth-order valence-corrected chi connectivity index (χ4v) is 4.20. The Balaban J connectivity index is 1.69. The number of nitrogens with two attached hydrogens (primary N) is 1. The van der Waals surface area contributed by atoms with Crippen molar-refractivity contribution in [2.45, 2.75) is 64.2 Å². The van der Waals surface area contributed by atoms with Gasteiger partial charge in [-0.1, -0.05) is 0 Å². The Kier molecular flexibility index (Phi) is 9.74. The summed E-state index contributed by atoms with van der Waals surface area (Å²) in [7, 11) is 3.66. The van der Waals surface area contributed by atoms with Gasteiger partial charge in [0.15, 0.2) is 0 Å². The fraction of sp³-hybridized carbons (Fsp3) is 0.600. The van der Waals surface area contributed by atoms with E-state index in [1.54, 1.807) is 20.4 Å². The van der Waals surface area contributed by atoms with E-state index >= 15 is 0 Å². The van der Waals surface area contributed by atoms with E-state index in [2.05, 4.69) is 20.6 Å². The van der Waals surface area contributed by atoms with Crippen molar-refractivity contribution >= 4 is 22.6 Å². The molecule has 9 nitrogen and oxygen atoms in total. The van der Waals surface area contributed by atoms with Gasteiger partial charge >= 0.3 is 0 Å². The summed E-state index contributed by atoms with van der Waals surface area (Å²) in [5.74, 6) is 1.19. The number of rotatable bonds is 12. The summed E-state index contributed by atoms with van der Waals surface area (Å²) in [4.78, 5) is 9.17. The van der Waals surface area contributed by atoms with Crippen LogP contribution in [0.3, 0.4) is 0 Å². The molecule has 5 N–H and O–H groups in total. The summed E-state index contributed by atoms with van der Waals surface area (Å²) in [6.07, 6.45) is 8.37. The molecule has 1 heterocycles. The van der Waals surface area contributed by atoms with Crippen LogP contribution >= 0.6 is 0 Å². The quantitative estimate of drug-likeness (QED) is 0.213. The molecule has 1 atom stereocenters. The molecule has 2 aromatic rings. The topological polar surface area (TPSA) is 119 Å². The van der Waals surface area contributed by atoms with Crippen molar-refractivity contribution in [3.8, 4) is 5.75 Å². The van der Waals surface area contributed by atoms with Crippen LogP contribution in [0.4, 0.5) is 5.69 Å². The number of allylic oxidation sites excluding steroid dienone is 1. The molecule has 188 valence electrons. The minimum atomic E-state index is -0.323. The Bertz CT molecular complexity index is 976. The zero-order valence-corrected chi connectivity index (χ0v) is 20.9. The first-order valence-electron chi connectivity index (χ1n) is 12.1. The Morgan fingerprint density at radius 1 is 1.35 bits per heavy atom. The first kappa shape index (κ1) is 26.0. The maximum absolute atomic E-state index is 9.49. The summed E-state index contributed by atoms with van der Waals surface area (Å²) < 4.78 is 13.4. The Hall–Kier alpha value is -2.62. The monoisotopic (exact) mass is 472 g/mol. The Morgan fingerprint density at radius 2 is 2.12 bits per heavy atom. The number of methoxy groups -OCH3 is 1. The number of aliphatic imine (C=N–C) groups is 1. The number of amidine groups is 1. The number of benzene rings is 1. The van der Waals surface area contributed by atoms with Gasteiger partial charge in [-0.2, -0.15) is 0 Å². The number of fused-ring (bicyclic) bond motifs is 1. The number of aryl methyl sites for hydroxylation is 1. The van der Waals surface area contributed by atoms with Crippen LogP contribution < -0.4 is 21.1 Å². The number of nitrogens with zero attached hydrogens (tertiary/aromatic N) is 3. The molecule has 9 heteroatoms. The number of aliphatic hydroxyl groups is 1. The minimum Gasteiger partial charge on any atom is -0.490 e. The second-order valence-electron chi connectivity index (χ2n) is 9.15. The summed E-state index contributed by atoms with van der Waals surface area (Å²) in [6, 6.07) is 4.38. The number of aromatic nitrogens is 2. The van der Waals surface area contributed by atoms with Gasteiger partial charge in [-0.25, -0.2) is 9.98 Å². The summed E-state index contributed by atoms with van der Waals surface area (Å²) in [6.45, 7) is 5.94. The zero-order chi connectivity index (χ0) is 24.5. The highest BCUT2D eigenvalue weighted by atomic mass is 16.5. The van der Waals surface area contributed by atoms with E-state index in [1.165, 1.54) is 0 Å². The standard InChI is InChI=1S/C25H40N6O3/c1-17(27-10-5-11-33-4)12-24(26)30-22-13-21(14-23-25(22)29-16-31(23)3)34-20-8-6-19(7-9-20)28-15-18(2)32/h12-14,16,18-20,27-28,32H,5-11,15H2,1-4H3,(H2,26,30)/b17-12-/t18-,19?,20?/m0/s1. The number of hydrogen-bond acceptors (Lipinski definition) is 7. The Labute approximate surface area is 202 Å². The third kappa shape index (κ3) is 7.72. The molecule has 0 radical (unpaired) electrons. The Morgan fingerprint density at radius 3 is 2.82 bits per heavy atom. The van der Waals surface area contributed by atoms with E-state index in [-0.39, 0.29) is 12.2 Å². The van der Waals surface area contributed by atoms with Gasteiger partial charge in [0.2, 0.25) is 0 Å². The molecule has 1 aliphatic carbocycles. The summed E-state index contributed by atoms with van der Waals surface area (Å²) in [5.41, 5.74) is 9.63. The normalized spacial score (nSPS) is 20.5. The predicted molar refractivity (Wildman–Crippen MR) is 137 cm³/mol. The van der Waals surface area contributed by atoms with Crippen molar-refractivity contribution in [1.29, 1.82) is 0 Å². The summed E-state index contributed by atoms with van der Waals surface area (Å²) >= 11 is 0. The fourth-order valence-electron chi connectivity index (χ4n) is 4.20. The smallest absolute Gasteiger partial charge is 0.125 e. The van der Waals surface area contributed by atoms with Crippen molar-refractivity contribution in [2.24, 2.45) is 17.8 Å². The maximum atomic E-state index is 9.49. The lowest BCUT2D eigenvalue weighted by Gasteiger charge is -2.30. The van der Waals surface area contributed by atoms with Gasteiger partial charge < -0.3 is 35.5 Å². The number of aliphatic hydroxyl groups excluding tert-OH is 1. The van der Waals surface area contributed by atoms with Crippen molar-refractivity contribution in [3.05, 3.63) is 30.2 Å². The van der Waals surface area contributed by atoms with E-state index in [1.807, 2.05) is 36.7 Å². The molecule has 0 spiro atoms. The number of imidazole rings is 1. The number of nitrogens with one attached hydrogen (secondary N) is 2. The number of ether oxygens (including phenoxy) is 2. The van der Waals surface area contributed by atoms with Crippen LogP contribution in [0.5, 0.6) is 5.75 Å². The average Bonchev–Trinajstić information content (AvgIpc) is 3.17. The van der Waals surface area contributed by atoms with Crippen LogP contribution in [0.1, 0.15) is 46.0 Å². The van der Waals surface area contributed by atoms with Crippen LogP contribution in [0, 0.1) is 0 Å². The number of hydrogen-bond donors (Lipinski definition) is 4. The molecule has 34 heavy (non-hydrogen) atoms. The van der Waals surface area contributed by atoms with Gasteiger partial charge in [0.1, 0.15) is 17.1 Å². The largest absolute Gasteiger partial charge is 0.490 e. The first-order chi connectivity index (χ1) is 16.4. The van der Waals surface area contributed by atoms with Crippen LogP contribution in [0.25, 0.3) is 11.0 Å². The van der Waals surface area contributed by atoms with E-state index < -0.39 is 0 Å². The second kappa shape index (κ2) is 12.7. The zero-order valence-electron chi connectivity index (χ0n) is 20.9. The van der Waals surface area contributed by atoms with Crippen molar-refractivity contribution < 1.29 is 14.6 Å². The second-order valence-corrected chi connectivity index (χ2v) is 9.15. The SMILES string of the molecule is COCCCN/C(C)=C\C(N)=Nc1cc(OC2CCC(NC[C@H](C)O)CC2)cc2c1ncn2C. The lowest BCUT2D eigenvalue weighted by Crippen LogP contribution is -2.39. The lowest BCUT2D eigenvalue weighted by molar-refractivity contribution is 0.131. The molecule has 1 fully saturated rings. The highest BCUT2D eigenvalue weighted by Gasteiger charge is 2.23. The van der Waals surface area contributed by atoms with Crippen LogP contribution in [-0.4, -0.2) is 65.5 Å². The molecule has 1 aromatic heterocycles. The molecular formula is C25H40N6O3. The molecule has 0 saturated heterocycles. The lowest BCUT2D eigenvalue weighted by atomic mass is 9.93. The molecule has 1 aliphatic rings. The molecule has 1 saturated carbocycles. The molecule has 1 aromatic carbocycles. The van der Waals surface area contributed by atoms with Gasteiger partial charge in [-0.3, -0.25) is 0 Å². The van der Waals surface area contributed by atoms with Gasteiger partial charge in [-0.05, 0) is 52.0 Å².